The number of nitrogens with zero attached hydrogens (tertiary/aromatic N) is 4. The van der Waals surface area contributed by atoms with E-state index in [1.165, 1.54) is 17.2 Å². The molecule has 4 rings (SSSR count). The molecule has 6 nitrogen and oxygen atoms in total. The highest BCUT2D eigenvalue weighted by Crippen LogP contribution is 2.32. The van der Waals surface area contributed by atoms with E-state index in [-0.39, 0.29) is 5.69 Å². The van der Waals surface area contributed by atoms with Crippen molar-refractivity contribution < 1.29 is 18.0 Å². The number of carbonyl (C=O) groups is 1. The molecular formula is C31H40F3N5O. The first-order valence-electron chi connectivity index (χ1n) is 13.9. The monoisotopic (exact) mass is 555 g/mol. The summed E-state index contributed by atoms with van der Waals surface area (Å²) in [4.78, 5) is 24.8. The lowest BCUT2D eigenvalue weighted by atomic mass is 10.00. The molecular weight excluding hydrogens is 515 g/mol. The fourth-order valence-corrected chi connectivity index (χ4v) is 4.48. The second-order valence-corrected chi connectivity index (χ2v) is 10.3. The van der Waals surface area contributed by atoms with Crippen LogP contribution in [0.2, 0.25) is 0 Å². The maximum Gasteiger partial charge on any atom is 0.416 e. The largest absolute Gasteiger partial charge is 0.416 e. The van der Waals surface area contributed by atoms with Gasteiger partial charge in [-0.05, 0) is 85.8 Å². The second kappa shape index (κ2) is 14.9. The van der Waals surface area contributed by atoms with Gasteiger partial charge in [-0.1, -0.05) is 26.3 Å². The Bertz CT molecular complexity index is 1230. The van der Waals surface area contributed by atoms with Gasteiger partial charge in [0.05, 0.1) is 5.56 Å². The van der Waals surface area contributed by atoms with Crippen LogP contribution in [0.1, 0.15) is 64.9 Å². The number of aryl methyl sites for hydroxylation is 3. The molecule has 0 atom stereocenters. The van der Waals surface area contributed by atoms with Gasteiger partial charge in [0.25, 0.3) is 5.91 Å². The third kappa shape index (κ3) is 9.71. The zero-order chi connectivity index (χ0) is 29.1. The molecule has 0 bridgehead atoms. The molecule has 2 aromatic carbocycles. The van der Waals surface area contributed by atoms with E-state index in [2.05, 4.69) is 38.9 Å². The van der Waals surface area contributed by atoms with Gasteiger partial charge in [-0.3, -0.25) is 9.69 Å². The Balaban J connectivity index is 0.000000472. The minimum Gasteiger partial charge on any atom is -0.322 e. The van der Waals surface area contributed by atoms with E-state index in [1.807, 2.05) is 32.4 Å². The van der Waals surface area contributed by atoms with Gasteiger partial charge in [-0.15, -0.1) is 0 Å². The molecule has 0 radical (unpaired) electrons. The highest BCUT2D eigenvalue weighted by molar-refractivity contribution is 6.04. The van der Waals surface area contributed by atoms with Crippen LogP contribution in [-0.2, 0) is 25.6 Å². The van der Waals surface area contributed by atoms with Crippen LogP contribution >= 0.6 is 0 Å². The number of nitrogens with one attached hydrogen (secondary N) is 1. The Morgan fingerprint density at radius 1 is 0.975 bits per heavy atom. The fraction of sp³-hybridized carbons (Fsp3) is 0.452. The predicted molar refractivity (Wildman–Crippen MR) is 153 cm³/mol. The SMILES string of the molecule is CCCCc1ccc(C(=O)Nc2cc(CN3CCN(C)CC3)cc(C(F)(F)F)c2)cc1C.CCc1cncnc1. The number of hydrogen-bond acceptors (Lipinski definition) is 5. The summed E-state index contributed by atoms with van der Waals surface area (Å²) in [6, 6.07) is 9.32. The Hall–Kier alpha value is -3.30. The molecule has 1 amide bonds. The summed E-state index contributed by atoms with van der Waals surface area (Å²) in [5.74, 6) is -0.403. The first-order valence-corrected chi connectivity index (χ1v) is 13.9. The molecule has 1 fully saturated rings. The predicted octanol–water partition coefficient (Wildman–Crippen LogP) is 6.40. The third-order valence-corrected chi connectivity index (χ3v) is 7.01. The van der Waals surface area contributed by atoms with E-state index in [0.29, 0.717) is 17.7 Å². The first kappa shape index (κ1) is 31.2. The summed E-state index contributed by atoms with van der Waals surface area (Å²) in [7, 11) is 2.04. The minimum absolute atomic E-state index is 0.168. The van der Waals surface area contributed by atoms with Crippen molar-refractivity contribution >= 4 is 11.6 Å². The number of halogens is 3. The first-order chi connectivity index (χ1) is 19.1. The zero-order valence-electron chi connectivity index (χ0n) is 23.9. The molecule has 1 saturated heterocycles. The number of amides is 1. The number of alkyl halides is 3. The number of carbonyl (C=O) groups excluding carboxylic acids is 1. The summed E-state index contributed by atoms with van der Waals surface area (Å²) in [5.41, 5.74) is 3.81. The van der Waals surface area contributed by atoms with E-state index in [0.717, 1.165) is 63.5 Å². The van der Waals surface area contributed by atoms with Gasteiger partial charge >= 0.3 is 6.18 Å². The lowest BCUT2D eigenvalue weighted by Crippen LogP contribution is -2.43. The summed E-state index contributed by atoms with van der Waals surface area (Å²) >= 11 is 0. The molecule has 40 heavy (non-hydrogen) atoms. The number of piperazine rings is 1. The molecule has 2 heterocycles. The number of benzene rings is 2. The fourth-order valence-electron chi connectivity index (χ4n) is 4.48. The van der Waals surface area contributed by atoms with Crippen LogP contribution in [0.3, 0.4) is 0 Å². The van der Waals surface area contributed by atoms with E-state index in [1.54, 1.807) is 24.5 Å². The van der Waals surface area contributed by atoms with Gasteiger partial charge in [0.2, 0.25) is 0 Å². The molecule has 0 unspecified atom stereocenters. The van der Waals surface area contributed by atoms with Crippen LogP contribution < -0.4 is 5.32 Å². The Morgan fingerprint density at radius 3 is 2.25 bits per heavy atom. The van der Waals surface area contributed by atoms with Gasteiger partial charge in [0.15, 0.2) is 0 Å². The molecule has 0 spiro atoms. The average molecular weight is 556 g/mol. The molecule has 216 valence electrons. The second-order valence-electron chi connectivity index (χ2n) is 10.3. The normalized spacial score (nSPS) is 14.4. The van der Waals surface area contributed by atoms with Crippen molar-refractivity contribution in [3.63, 3.8) is 0 Å². The topological polar surface area (TPSA) is 61.4 Å². The zero-order valence-corrected chi connectivity index (χ0v) is 23.9. The van der Waals surface area contributed by atoms with E-state index in [9.17, 15) is 18.0 Å². The number of unbranched alkanes of at least 4 members (excludes halogenated alkanes) is 1. The molecule has 1 N–H and O–H groups in total. The Morgan fingerprint density at radius 2 is 1.68 bits per heavy atom. The highest BCUT2D eigenvalue weighted by Gasteiger charge is 2.31. The van der Waals surface area contributed by atoms with Gasteiger partial charge in [-0.2, -0.15) is 13.2 Å². The highest BCUT2D eigenvalue weighted by atomic mass is 19.4. The van der Waals surface area contributed by atoms with E-state index in [4.69, 9.17) is 0 Å². The van der Waals surface area contributed by atoms with Crippen LogP contribution in [0.25, 0.3) is 0 Å². The summed E-state index contributed by atoms with van der Waals surface area (Å²) in [6.07, 6.45) is 4.85. The molecule has 0 saturated carbocycles. The van der Waals surface area contributed by atoms with E-state index < -0.39 is 17.6 Å². The van der Waals surface area contributed by atoms with Crippen molar-refractivity contribution in [2.45, 2.75) is 59.2 Å². The van der Waals surface area contributed by atoms with Crippen molar-refractivity contribution in [3.05, 3.63) is 88.5 Å². The van der Waals surface area contributed by atoms with E-state index >= 15 is 0 Å². The van der Waals surface area contributed by atoms with Gasteiger partial charge in [0, 0.05) is 56.4 Å². The molecule has 9 heteroatoms. The van der Waals surface area contributed by atoms with Gasteiger partial charge < -0.3 is 10.2 Å². The minimum atomic E-state index is -4.48. The van der Waals surface area contributed by atoms with Gasteiger partial charge in [0.1, 0.15) is 6.33 Å². The van der Waals surface area contributed by atoms with Crippen LogP contribution in [0, 0.1) is 6.92 Å². The molecule has 1 aliphatic heterocycles. The Labute approximate surface area is 235 Å². The van der Waals surface area contributed by atoms with Crippen molar-refractivity contribution in [3.8, 4) is 0 Å². The quantitative estimate of drug-likeness (QED) is 0.349. The lowest BCUT2D eigenvalue weighted by molar-refractivity contribution is -0.137. The maximum atomic E-state index is 13.5. The van der Waals surface area contributed by atoms with Gasteiger partial charge in [-0.25, -0.2) is 9.97 Å². The van der Waals surface area contributed by atoms with Crippen LogP contribution in [0.15, 0.2) is 55.1 Å². The summed E-state index contributed by atoms with van der Waals surface area (Å²) in [6.45, 7) is 9.97. The number of hydrogen-bond donors (Lipinski definition) is 1. The number of rotatable bonds is 8. The number of anilines is 1. The van der Waals surface area contributed by atoms with Crippen LogP contribution in [0.5, 0.6) is 0 Å². The molecule has 3 aromatic rings. The summed E-state index contributed by atoms with van der Waals surface area (Å²) < 4.78 is 40.5. The lowest BCUT2D eigenvalue weighted by Gasteiger charge is -2.32. The van der Waals surface area contributed by atoms with Crippen LogP contribution in [-0.4, -0.2) is 58.9 Å². The maximum absolute atomic E-state index is 13.5. The smallest absolute Gasteiger partial charge is 0.322 e. The summed E-state index contributed by atoms with van der Waals surface area (Å²) in [5, 5.41) is 2.68. The van der Waals surface area contributed by atoms with Crippen LogP contribution in [0.4, 0.5) is 18.9 Å². The number of aromatic nitrogens is 2. The Kier molecular flexibility index (Phi) is 11.6. The molecule has 1 aliphatic rings. The third-order valence-electron chi connectivity index (χ3n) is 7.01. The molecule has 0 aliphatic carbocycles. The molecule has 1 aromatic heterocycles. The van der Waals surface area contributed by atoms with Crippen molar-refractivity contribution in [2.75, 3.05) is 38.5 Å². The van der Waals surface area contributed by atoms with Crippen molar-refractivity contribution in [2.24, 2.45) is 0 Å². The van der Waals surface area contributed by atoms with Crippen molar-refractivity contribution in [1.82, 2.24) is 19.8 Å². The number of likely N-dealkylation sites (N-methyl/N-ethyl adjacent to an activating group) is 1. The van der Waals surface area contributed by atoms with Crippen molar-refractivity contribution in [1.29, 1.82) is 0 Å². The average Bonchev–Trinajstić information content (AvgIpc) is 2.94. The standard InChI is InChI=1S/C25H32F3N3O.C6H8N2/c1-4-5-6-20-7-8-21(13-18(20)2)24(32)29-23-15-19(14-22(16-23)25(26,27)28)17-31-11-9-30(3)10-12-31;1-2-6-3-7-5-8-4-6/h7-8,13-16H,4-6,9-12,17H2,1-3H3,(H,29,32);3-5H,2H2,1H3.